The Labute approximate surface area is 220 Å². The van der Waals surface area contributed by atoms with Crippen molar-refractivity contribution in [3.63, 3.8) is 0 Å². The lowest BCUT2D eigenvalue weighted by Crippen LogP contribution is -2.60. The molecule has 0 aliphatic heterocycles. The van der Waals surface area contributed by atoms with Crippen LogP contribution in [0.2, 0.25) is 0 Å². The largest absolute Gasteiger partial charge is 0.480 e. The van der Waals surface area contributed by atoms with E-state index in [1.165, 1.54) is 18.7 Å². The van der Waals surface area contributed by atoms with E-state index in [0.29, 0.717) is 5.75 Å². The molecule has 1 aromatic heterocycles. The molecule has 11 nitrogen and oxygen atoms in total. The van der Waals surface area contributed by atoms with Gasteiger partial charge >= 0.3 is 5.97 Å². The standard InChI is InChI=1S/C25H37N5O6S/c1-13(2)20(26)23(33)30-21(14(3)31)24(34)28-18(9-10-37-4)22(32)29-19(25(35)36)11-15-12-27-17-8-6-5-7-16(15)17/h5-8,12-14,18-21,27,31H,9-11,26H2,1-4H3,(H,28,34)(H,29,32)(H,30,33)(H,35,36). The molecular weight excluding hydrogens is 498 g/mol. The van der Waals surface area contributed by atoms with Gasteiger partial charge in [0.05, 0.1) is 12.1 Å². The van der Waals surface area contributed by atoms with Crippen LogP contribution in [0.4, 0.5) is 0 Å². The highest BCUT2D eigenvalue weighted by Gasteiger charge is 2.33. The summed E-state index contributed by atoms with van der Waals surface area (Å²) < 4.78 is 0. The number of nitrogens with one attached hydrogen (secondary N) is 4. The molecule has 0 saturated heterocycles. The molecule has 0 saturated carbocycles. The molecule has 2 aromatic rings. The van der Waals surface area contributed by atoms with Crippen molar-refractivity contribution in [2.45, 2.75) is 63.9 Å². The van der Waals surface area contributed by atoms with E-state index in [-0.39, 0.29) is 18.8 Å². The SMILES string of the molecule is CSCCC(NC(=O)C(NC(=O)C(N)C(C)C)C(C)O)C(=O)NC(Cc1c[nH]c2ccccc12)C(=O)O. The summed E-state index contributed by atoms with van der Waals surface area (Å²) in [5.41, 5.74) is 7.42. The first kappa shape index (κ1) is 30.1. The lowest BCUT2D eigenvalue weighted by molar-refractivity contribution is -0.142. The topological polar surface area (TPSA) is 187 Å². The van der Waals surface area contributed by atoms with E-state index >= 15 is 0 Å². The number of carbonyl (C=O) groups is 4. The first-order valence-electron chi connectivity index (χ1n) is 12.1. The first-order valence-corrected chi connectivity index (χ1v) is 13.5. The fourth-order valence-corrected chi connectivity index (χ4v) is 4.19. The number of thioether (sulfide) groups is 1. The Morgan fingerprint density at radius 1 is 1.00 bits per heavy atom. The fraction of sp³-hybridized carbons (Fsp3) is 0.520. The molecule has 0 aliphatic carbocycles. The molecule has 5 unspecified atom stereocenters. The van der Waals surface area contributed by atoms with Gasteiger partial charge in [0.2, 0.25) is 17.7 Å². The van der Waals surface area contributed by atoms with Crippen molar-refractivity contribution in [3.05, 3.63) is 36.0 Å². The number of carbonyl (C=O) groups excluding carboxylic acids is 3. The number of aromatic nitrogens is 1. The molecule has 2 rings (SSSR count). The average Bonchev–Trinajstić information content (AvgIpc) is 3.26. The number of hydrogen-bond acceptors (Lipinski definition) is 7. The van der Waals surface area contributed by atoms with Crippen molar-refractivity contribution in [1.82, 2.24) is 20.9 Å². The summed E-state index contributed by atoms with van der Waals surface area (Å²) in [4.78, 5) is 53.6. The van der Waals surface area contributed by atoms with Crippen molar-refractivity contribution in [2.75, 3.05) is 12.0 Å². The van der Waals surface area contributed by atoms with Gasteiger partial charge in [-0.15, -0.1) is 0 Å². The maximum atomic E-state index is 13.1. The Hall–Kier alpha value is -3.09. The number of carboxylic acids is 1. The van der Waals surface area contributed by atoms with Gasteiger partial charge in [-0.3, -0.25) is 14.4 Å². The predicted molar refractivity (Wildman–Crippen MR) is 143 cm³/mol. The second-order valence-corrected chi connectivity index (χ2v) is 10.3. The Morgan fingerprint density at radius 3 is 2.24 bits per heavy atom. The van der Waals surface area contributed by atoms with Crippen LogP contribution in [0.3, 0.4) is 0 Å². The van der Waals surface area contributed by atoms with Crippen LogP contribution in [0.15, 0.2) is 30.5 Å². The number of carboxylic acid groups (broad SMARTS) is 1. The number of aliphatic carboxylic acids is 1. The van der Waals surface area contributed by atoms with E-state index in [0.717, 1.165) is 16.5 Å². The highest BCUT2D eigenvalue weighted by Crippen LogP contribution is 2.19. The van der Waals surface area contributed by atoms with Gasteiger partial charge in [-0.05, 0) is 42.9 Å². The van der Waals surface area contributed by atoms with Gasteiger partial charge in [-0.2, -0.15) is 11.8 Å². The number of amides is 3. The molecule has 3 amide bonds. The number of rotatable bonds is 14. The number of fused-ring (bicyclic) bond motifs is 1. The van der Waals surface area contributed by atoms with E-state index in [9.17, 15) is 29.4 Å². The van der Waals surface area contributed by atoms with Gasteiger partial charge in [-0.25, -0.2) is 4.79 Å². The molecular formula is C25H37N5O6S. The third kappa shape index (κ3) is 8.48. The van der Waals surface area contributed by atoms with E-state index in [4.69, 9.17) is 5.73 Å². The Bertz CT molecular complexity index is 1090. The molecule has 0 radical (unpaired) electrons. The molecule has 1 aromatic carbocycles. The highest BCUT2D eigenvalue weighted by atomic mass is 32.2. The Kier molecular flexibility index (Phi) is 11.4. The zero-order chi connectivity index (χ0) is 27.7. The van der Waals surface area contributed by atoms with Gasteiger partial charge in [0.15, 0.2) is 0 Å². The quantitative estimate of drug-likeness (QED) is 0.181. The zero-order valence-electron chi connectivity index (χ0n) is 21.5. The zero-order valence-corrected chi connectivity index (χ0v) is 22.3. The molecule has 204 valence electrons. The summed E-state index contributed by atoms with van der Waals surface area (Å²) in [5, 5.41) is 28.3. The van der Waals surface area contributed by atoms with Crippen molar-refractivity contribution in [2.24, 2.45) is 11.7 Å². The van der Waals surface area contributed by atoms with Crippen LogP contribution in [0, 0.1) is 5.92 Å². The van der Waals surface area contributed by atoms with E-state index < -0.39 is 54.0 Å². The molecule has 1 heterocycles. The number of aliphatic hydroxyl groups is 1. The Balaban J connectivity index is 2.16. The third-order valence-corrected chi connectivity index (χ3v) is 6.68. The number of H-pyrrole nitrogens is 1. The van der Waals surface area contributed by atoms with Crippen molar-refractivity contribution < 1.29 is 29.4 Å². The number of aromatic amines is 1. The molecule has 12 heteroatoms. The summed E-state index contributed by atoms with van der Waals surface area (Å²) in [6, 6.07) is 2.88. The summed E-state index contributed by atoms with van der Waals surface area (Å²) in [7, 11) is 0. The average molecular weight is 536 g/mol. The van der Waals surface area contributed by atoms with E-state index in [1.54, 1.807) is 20.0 Å². The van der Waals surface area contributed by atoms with Crippen molar-refractivity contribution in [1.29, 1.82) is 0 Å². The number of nitrogens with two attached hydrogens (primary N) is 1. The summed E-state index contributed by atoms with van der Waals surface area (Å²) in [6.07, 6.45) is 2.52. The number of aliphatic hydroxyl groups excluding tert-OH is 1. The molecule has 0 spiro atoms. The minimum Gasteiger partial charge on any atom is -0.480 e. The van der Waals surface area contributed by atoms with Gasteiger partial charge in [0, 0.05) is 23.5 Å². The maximum Gasteiger partial charge on any atom is 0.326 e. The van der Waals surface area contributed by atoms with Crippen molar-refractivity contribution >= 4 is 46.4 Å². The lowest BCUT2D eigenvalue weighted by Gasteiger charge is -2.27. The lowest BCUT2D eigenvalue weighted by atomic mass is 10.0. The first-order chi connectivity index (χ1) is 17.5. The number of para-hydroxylation sites is 1. The summed E-state index contributed by atoms with van der Waals surface area (Å²) >= 11 is 1.45. The minimum absolute atomic E-state index is 0.0354. The molecule has 5 atom stereocenters. The number of benzene rings is 1. The maximum absolute atomic E-state index is 13.1. The van der Waals surface area contributed by atoms with Crippen LogP contribution in [0.25, 0.3) is 10.9 Å². The molecule has 8 N–H and O–H groups in total. The van der Waals surface area contributed by atoms with E-state index in [2.05, 4.69) is 20.9 Å². The molecule has 0 aliphatic rings. The number of hydrogen-bond donors (Lipinski definition) is 7. The summed E-state index contributed by atoms with van der Waals surface area (Å²) in [6.45, 7) is 4.84. The predicted octanol–water partition coefficient (Wildman–Crippen LogP) is 0.367. The third-order valence-electron chi connectivity index (χ3n) is 6.04. The highest BCUT2D eigenvalue weighted by molar-refractivity contribution is 7.98. The van der Waals surface area contributed by atoms with Gasteiger partial charge in [0.25, 0.3) is 0 Å². The van der Waals surface area contributed by atoms with Crippen LogP contribution in [0.5, 0.6) is 0 Å². The van der Waals surface area contributed by atoms with Crippen LogP contribution in [-0.2, 0) is 25.6 Å². The molecule has 0 fully saturated rings. The van der Waals surface area contributed by atoms with Crippen molar-refractivity contribution in [3.8, 4) is 0 Å². The van der Waals surface area contributed by atoms with Gasteiger partial charge in [-0.1, -0.05) is 32.0 Å². The second-order valence-electron chi connectivity index (χ2n) is 9.30. The minimum atomic E-state index is -1.34. The smallest absolute Gasteiger partial charge is 0.326 e. The van der Waals surface area contributed by atoms with Crippen LogP contribution in [-0.4, -0.2) is 81.2 Å². The Morgan fingerprint density at radius 2 is 1.65 bits per heavy atom. The monoisotopic (exact) mass is 535 g/mol. The fourth-order valence-electron chi connectivity index (χ4n) is 3.72. The van der Waals surface area contributed by atoms with Gasteiger partial charge < -0.3 is 36.9 Å². The molecule has 37 heavy (non-hydrogen) atoms. The second kappa shape index (κ2) is 14.0. The van der Waals surface area contributed by atoms with Crippen LogP contribution in [0.1, 0.15) is 32.8 Å². The molecule has 0 bridgehead atoms. The van der Waals surface area contributed by atoms with E-state index in [1.807, 2.05) is 30.5 Å². The normalized spacial score (nSPS) is 15.4. The van der Waals surface area contributed by atoms with Crippen LogP contribution < -0.4 is 21.7 Å². The van der Waals surface area contributed by atoms with Gasteiger partial charge in [0.1, 0.15) is 18.1 Å². The summed E-state index contributed by atoms with van der Waals surface area (Å²) in [5.74, 6) is -2.96. The van der Waals surface area contributed by atoms with Crippen LogP contribution >= 0.6 is 11.8 Å².